The summed E-state index contributed by atoms with van der Waals surface area (Å²) in [5.74, 6) is -11.9. The van der Waals surface area contributed by atoms with Crippen LogP contribution in [0.25, 0.3) is 0 Å². The number of rotatable bonds is 6. The summed E-state index contributed by atoms with van der Waals surface area (Å²) < 4.78 is 15.3. The van der Waals surface area contributed by atoms with E-state index in [1.54, 1.807) is 0 Å². The fourth-order valence-corrected chi connectivity index (χ4v) is 4.16. The molecule has 0 aliphatic carbocycles. The van der Waals surface area contributed by atoms with Crippen LogP contribution in [-0.4, -0.2) is 104 Å². The van der Waals surface area contributed by atoms with E-state index in [-0.39, 0.29) is 0 Å². The van der Waals surface area contributed by atoms with Crippen molar-refractivity contribution in [3.63, 3.8) is 0 Å². The minimum absolute atomic E-state index is 0.490. The molecule has 1 fully saturated rings. The number of esters is 3. The highest BCUT2D eigenvalue weighted by Crippen LogP contribution is 2.30. The minimum Gasteiger partial charge on any atom is -0.504 e. The zero-order valence-electron chi connectivity index (χ0n) is 24.4. The Hall–Kier alpha value is -6.72. The van der Waals surface area contributed by atoms with Crippen molar-refractivity contribution in [2.24, 2.45) is 0 Å². The molecule has 0 aromatic heterocycles. The molecule has 18 nitrogen and oxygen atoms in total. The zero-order chi connectivity index (χ0) is 35.1. The first-order valence-corrected chi connectivity index (χ1v) is 13.7. The highest BCUT2D eigenvalue weighted by molar-refractivity contribution is 6.01. The maximum atomic E-state index is 13.1. The van der Waals surface area contributed by atoms with Gasteiger partial charge < -0.3 is 60.8 Å². The van der Waals surface area contributed by atoms with Gasteiger partial charge in [-0.3, -0.25) is 14.4 Å². The van der Waals surface area contributed by atoms with Crippen LogP contribution in [0.3, 0.4) is 0 Å². The van der Waals surface area contributed by atoms with Crippen molar-refractivity contribution in [1.82, 2.24) is 16.0 Å². The lowest BCUT2D eigenvalue weighted by molar-refractivity contribution is -0.160. The third kappa shape index (κ3) is 7.73. The molecule has 1 heterocycles. The number of para-hydroxylation sites is 3. The second kappa shape index (κ2) is 14.6. The van der Waals surface area contributed by atoms with Crippen LogP contribution in [0.1, 0.15) is 31.1 Å². The lowest BCUT2D eigenvalue weighted by atomic mass is 10.1. The Morgan fingerprint density at radius 1 is 0.479 bits per heavy atom. The Labute approximate surface area is 269 Å². The molecule has 0 spiro atoms. The summed E-state index contributed by atoms with van der Waals surface area (Å²) in [6.45, 7) is -2.85. The fourth-order valence-electron chi connectivity index (χ4n) is 4.16. The molecule has 252 valence electrons. The number of nitrogens with one attached hydrogen (secondary N) is 3. The highest BCUT2D eigenvalue weighted by Gasteiger charge is 2.34. The van der Waals surface area contributed by atoms with Gasteiger partial charge >= 0.3 is 17.9 Å². The molecule has 3 atom stereocenters. The smallest absolute Gasteiger partial charge is 0.332 e. The third-order valence-corrected chi connectivity index (χ3v) is 6.72. The molecule has 4 rings (SSSR count). The number of amides is 3. The van der Waals surface area contributed by atoms with Crippen molar-refractivity contribution in [2.75, 3.05) is 19.8 Å². The number of cyclic esters (lactones) is 3. The quantitative estimate of drug-likeness (QED) is 0.0887. The molecule has 1 aliphatic rings. The molecular weight excluding hydrogens is 642 g/mol. The number of aromatic hydroxyl groups is 6. The Balaban J connectivity index is 1.63. The van der Waals surface area contributed by atoms with E-state index in [4.69, 9.17) is 14.2 Å². The number of carbonyl (C=O) groups excluding carboxylic acids is 6. The van der Waals surface area contributed by atoms with Crippen molar-refractivity contribution < 1.29 is 73.6 Å². The molecule has 48 heavy (non-hydrogen) atoms. The molecule has 18 heteroatoms. The summed E-state index contributed by atoms with van der Waals surface area (Å²) in [5, 5.41) is 65.9. The Bertz CT molecular complexity index is 1570. The molecule has 3 amide bonds. The van der Waals surface area contributed by atoms with Gasteiger partial charge in [-0.15, -0.1) is 0 Å². The largest absolute Gasteiger partial charge is 0.504 e. The van der Waals surface area contributed by atoms with E-state index < -0.39 is 125 Å². The van der Waals surface area contributed by atoms with Crippen LogP contribution >= 0.6 is 0 Å². The van der Waals surface area contributed by atoms with E-state index in [0.29, 0.717) is 0 Å². The highest BCUT2D eigenvalue weighted by atomic mass is 16.6. The first kappa shape index (κ1) is 34.2. The molecule has 3 aromatic rings. The predicted molar refractivity (Wildman–Crippen MR) is 156 cm³/mol. The summed E-state index contributed by atoms with van der Waals surface area (Å²) >= 11 is 0. The van der Waals surface area contributed by atoms with Gasteiger partial charge in [-0.05, 0) is 36.4 Å². The molecule has 0 unspecified atom stereocenters. The minimum atomic E-state index is -1.84. The fraction of sp³-hybridized carbons (Fsp3) is 0.200. The average molecular weight is 670 g/mol. The molecule has 0 saturated carbocycles. The second-order valence-corrected chi connectivity index (χ2v) is 9.99. The molecule has 1 saturated heterocycles. The van der Waals surface area contributed by atoms with Gasteiger partial charge in [0.05, 0.1) is 16.7 Å². The SMILES string of the molecule is O=C(N[C@@H]1COC(=O)[C@H](NC(=O)c2cccc(O)c2O)COC(=O)[C@H](NC(=O)c2cccc(O)c2O)COC1=O)c1cccc(O)c1O. The summed E-state index contributed by atoms with van der Waals surface area (Å²) in [7, 11) is 0. The van der Waals surface area contributed by atoms with Crippen LogP contribution in [0.4, 0.5) is 0 Å². The van der Waals surface area contributed by atoms with Gasteiger partial charge in [-0.2, -0.15) is 0 Å². The number of hydrogen-bond acceptors (Lipinski definition) is 15. The maximum absolute atomic E-state index is 13.1. The van der Waals surface area contributed by atoms with Gasteiger partial charge in [0.25, 0.3) is 17.7 Å². The Morgan fingerprint density at radius 3 is 0.979 bits per heavy atom. The van der Waals surface area contributed by atoms with Crippen LogP contribution in [-0.2, 0) is 28.6 Å². The number of hydrogen-bond donors (Lipinski definition) is 9. The molecular formula is C30H27N3O15. The van der Waals surface area contributed by atoms with Gasteiger partial charge in [0.2, 0.25) is 0 Å². The summed E-state index contributed by atoms with van der Waals surface area (Å²) in [6.07, 6.45) is 0. The lowest BCUT2D eigenvalue weighted by Crippen LogP contribution is -2.52. The Kier molecular flexibility index (Phi) is 10.4. The number of carbonyl (C=O) groups is 6. The molecule has 0 radical (unpaired) electrons. The normalized spacial score (nSPS) is 18.5. The second-order valence-electron chi connectivity index (χ2n) is 9.99. The van der Waals surface area contributed by atoms with E-state index >= 15 is 0 Å². The number of phenolic OH excluding ortho intramolecular Hbond substituents is 6. The van der Waals surface area contributed by atoms with E-state index in [1.165, 1.54) is 18.2 Å². The van der Waals surface area contributed by atoms with Crippen LogP contribution in [0.2, 0.25) is 0 Å². The van der Waals surface area contributed by atoms with E-state index in [0.717, 1.165) is 36.4 Å². The standard InChI is InChI=1S/C30H27N3O15/c34-19-7-1-4-13(22(19)37)25(40)31-16-10-46-29(44)18(33-27(42)15-6-3-9-21(36)24(15)39)12-48-30(45)17(11-47-28(16)43)32-26(41)14-5-2-8-20(35)23(14)38/h1-9,16-18,34-39H,10-12H2,(H,31,40)(H,32,41)(H,33,42)/t16-,17-,18-/m1/s1. The summed E-state index contributed by atoms with van der Waals surface area (Å²) in [5.41, 5.74) is -1.47. The zero-order valence-corrected chi connectivity index (χ0v) is 24.4. The van der Waals surface area contributed by atoms with Gasteiger partial charge in [-0.1, -0.05) is 18.2 Å². The Morgan fingerprint density at radius 2 is 0.729 bits per heavy atom. The topological polar surface area (TPSA) is 288 Å². The van der Waals surface area contributed by atoms with Crippen molar-refractivity contribution in [1.29, 1.82) is 0 Å². The van der Waals surface area contributed by atoms with Gasteiger partial charge in [0, 0.05) is 0 Å². The first-order chi connectivity index (χ1) is 22.8. The molecule has 3 aromatic carbocycles. The monoisotopic (exact) mass is 669 g/mol. The molecule has 0 bridgehead atoms. The lowest BCUT2D eigenvalue weighted by Gasteiger charge is -2.25. The summed E-state index contributed by atoms with van der Waals surface area (Å²) in [6, 6.07) is 4.64. The summed E-state index contributed by atoms with van der Waals surface area (Å²) in [4.78, 5) is 77.9. The van der Waals surface area contributed by atoms with Crippen LogP contribution in [0.15, 0.2) is 54.6 Å². The van der Waals surface area contributed by atoms with Crippen molar-refractivity contribution in [3.05, 3.63) is 71.3 Å². The number of ether oxygens (including phenoxy) is 3. The average Bonchev–Trinajstić information content (AvgIpc) is 3.05. The number of benzene rings is 3. The predicted octanol–water partition coefficient (Wildman–Crippen LogP) is -0.741. The van der Waals surface area contributed by atoms with Crippen molar-refractivity contribution in [3.8, 4) is 34.5 Å². The molecule has 1 aliphatic heterocycles. The maximum Gasteiger partial charge on any atom is 0.332 e. The third-order valence-electron chi connectivity index (χ3n) is 6.72. The number of phenols is 6. The van der Waals surface area contributed by atoms with Crippen LogP contribution in [0.5, 0.6) is 34.5 Å². The van der Waals surface area contributed by atoms with Gasteiger partial charge in [0.1, 0.15) is 19.8 Å². The van der Waals surface area contributed by atoms with E-state index in [1.807, 2.05) is 0 Å². The molecule has 9 N–H and O–H groups in total. The van der Waals surface area contributed by atoms with Gasteiger partial charge in [0.15, 0.2) is 52.6 Å². The van der Waals surface area contributed by atoms with Gasteiger partial charge in [-0.25, -0.2) is 14.4 Å². The van der Waals surface area contributed by atoms with Crippen LogP contribution < -0.4 is 16.0 Å². The van der Waals surface area contributed by atoms with Crippen molar-refractivity contribution in [2.45, 2.75) is 18.1 Å². The van der Waals surface area contributed by atoms with Crippen molar-refractivity contribution >= 4 is 35.6 Å². The van der Waals surface area contributed by atoms with E-state index in [9.17, 15) is 59.4 Å². The van der Waals surface area contributed by atoms with E-state index in [2.05, 4.69) is 16.0 Å². The van der Waals surface area contributed by atoms with Crippen LogP contribution in [0, 0.1) is 0 Å². The first-order valence-electron chi connectivity index (χ1n) is 13.7.